The van der Waals surface area contributed by atoms with Crippen molar-refractivity contribution in [3.63, 3.8) is 0 Å². The summed E-state index contributed by atoms with van der Waals surface area (Å²) in [5.74, 6) is 0. The third-order valence-corrected chi connectivity index (χ3v) is 1.85. The van der Waals surface area contributed by atoms with Crippen molar-refractivity contribution in [2.45, 2.75) is 12.5 Å². The maximum Gasteiger partial charge on any atom is 0.0899 e. The van der Waals surface area contributed by atoms with E-state index in [4.69, 9.17) is 4.74 Å². The standard InChI is InChI=1S/C9H22N2O2/c1-10-5-4-6-11(2)7-9(12)8-13-3/h9-10,12H,4-8H2,1-3H3. The molecule has 13 heavy (non-hydrogen) atoms. The van der Waals surface area contributed by atoms with E-state index < -0.39 is 0 Å². The Morgan fingerprint density at radius 2 is 2.23 bits per heavy atom. The van der Waals surface area contributed by atoms with Crippen LogP contribution in [0.4, 0.5) is 0 Å². The van der Waals surface area contributed by atoms with Crippen LogP contribution in [0.1, 0.15) is 6.42 Å². The third-order valence-electron chi connectivity index (χ3n) is 1.85. The number of hydrogen-bond donors (Lipinski definition) is 2. The van der Waals surface area contributed by atoms with E-state index in [1.54, 1.807) is 7.11 Å². The minimum absolute atomic E-state index is 0.371. The molecule has 0 heterocycles. The van der Waals surface area contributed by atoms with E-state index in [0.29, 0.717) is 13.2 Å². The first-order valence-electron chi connectivity index (χ1n) is 4.70. The van der Waals surface area contributed by atoms with Crippen LogP contribution in [0, 0.1) is 0 Å². The van der Waals surface area contributed by atoms with Gasteiger partial charge in [0, 0.05) is 13.7 Å². The molecular formula is C9H22N2O2. The second-order valence-corrected chi connectivity index (χ2v) is 3.33. The fourth-order valence-electron chi connectivity index (χ4n) is 1.22. The van der Waals surface area contributed by atoms with Crippen molar-refractivity contribution >= 4 is 0 Å². The zero-order valence-electron chi connectivity index (χ0n) is 8.92. The molecule has 0 aromatic carbocycles. The summed E-state index contributed by atoms with van der Waals surface area (Å²) in [6.45, 7) is 3.11. The smallest absolute Gasteiger partial charge is 0.0899 e. The van der Waals surface area contributed by atoms with Crippen LogP contribution >= 0.6 is 0 Å². The van der Waals surface area contributed by atoms with Crippen molar-refractivity contribution in [2.24, 2.45) is 0 Å². The molecule has 0 bridgehead atoms. The highest BCUT2D eigenvalue weighted by Crippen LogP contribution is 1.91. The van der Waals surface area contributed by atoms with Gasteiger partial charge in [-0.25, -0.2) is 0 Å². The van der Waals surface area contributed by atoms with Gasteiger partial charge >= 0.3 is 0 Å². The number of methoxy groups -OCH3 is 1. The molecule has 0 saturated carbocycles. The van der Waals surface area contributed by atoms with Gasteiger partial charge < -0.3 is 20.1 Å². The van der Waals surface area contributed by atoms with Crippen molar-refractivity contribution in [3.05, 3.63) is 0 Å². The predicted molar refractivity (Wildman–Crippen MR) is 53.9 cm³/mol. The number of aliphatic hydroxyl groups excluding tert-OH is 1. The summed E-state index contributed by atoms with van der Waals surface area (Å²) in [7, 11) is 5.55. The monoisotopic (exact) mass is 190 g/mol. The first-order chi connectivity index (χ1) is 6.20. The van der Waals surface area contributed by atoms with Crippen LogP contribution in [0.2, 0.25) is 0 Å². The first kappa shape index (κ1) is 12.8. The molecule has 4 heteroatoms. The summed E-state index contributed by atoms with van der Waals surface area (Å²) in [6, 6.07) is 0. The lowest BCUT2D eigenvalue weighted by atomic mass is 10.3. The van der Waals surface area contributed by atoms with Crippen molar-refractivity contribution in [3.8, 4) is 0 Å². The van der Waals surface area contributed by atoms with Gasteiger partial charge in [-0.3, -0.25) is 0 Å². The van der Waals surface area contributed by atoms with Crippen molar-refractivity contribution in [1.29, 1.82) is 0 Å². The normalized spacial score (nSPS) is 13.6. The van der Waals surface area contributed by atoms with Gasteiger partial charge in [-0.1, -0.05) is 0 Å². The fourth-order valence-corrected chi connectivity index (χ4v) is 1.22. The number of nitrogens with one attached hydrogen (secondary N) is 1. The highest BCUT2D eigenvalue weighted by Gasteiger charge is 2.06. The Bertz CT molecular complexity index is 112. The van der Waals surface area contributed by atoms with E-state index in [1.165, 1.54) is 0 Å². The Labute approximate surface area is 80.9 Å². The van der Waals surface area contributed by atoms with E-state index in [9.17, 15) is 5.11 Å². The number of likely N-dealkylation sites (N-methyl/N-ethyl adjacent to an activating group) is 1. The number of ether oxygens (including phenoxy) is 1. The second-order valence-electron chi connectivity index (χ2n) is 3.33. The van der Waals surface area contributed by atoms with E-state index >= 15 is 0 Å². The molecule has 1 unspecified atom stereocenters. The summed E-state index contributed by atoms with van der Waals surface area (Å²) in [5.41, 5.74) is 0. The van der Waals surface area contributed by atoms with Crippen LogP contribution in [0.15, 0.2) is 0 Å². The molecular weight excluding hydrogens is 168 g/mol. The predicted octanol–water partition coefficient (Wildman–Crippen LogP) is -0.465. The van der Waals surface area contributed by atoms with Crippen molar-refractivity contribution < 1.29 is 9.84 Å². The molecule has 0 fully saturated rings. The Kier molecular flexibility index (Phi) is 8.33. The van der Waals surface area contributed by atoms with E-state index in [-0.39, 0.29) is 6.10 Å². The molecule has 0 aliphatic rings. The molecule has 0 aromatic heterocycles. The summed E-state index contributed by atoms with van der Waals surface area (Å²) in [4.78, 5) is 2.11. The van der Waals surface area contributed by atoms with E-state index in [1.807, 2.05) is 14.1 Å². The lowest BCUT2D eigenvalue weighted by Gasteiger charge is -2.19. The number of aliphatic hydroxyl groups is 1. The van der Waals surface area contributed by atoms with Crippen LogP contribution in [0.3, 0.4) is 0 Å². The lowest BCUT2D eigenvalue weighted by Crippen LogP contribution is -2.33. The molecule has 0 amide bonds. The molecule has 0 aromatic rings. The summed E-state index contributed by atoms with van der Waals surface area (Å²) in [6.07, 6.45) is 0.733. The molecule has 0 aliphatic carbocycles. The Balaban J connectivity index is 3.32. The minimum Gasteiger partial charge on any atom is -0.389 e. The molecule has 80 valence electrons. The molecule has 0 spiro atoms. The van der Waals surface area contributed by atoms with Gasteiger partial charge in [-0.15, -0.1) is 0 Å². The average molecular weight is 190 g/mol. The van der Waals surface area contributed by atoms with Gasteiger partial charge in [0.05, 0.1) is 12.7 Å². The number of nitrogens with zero attached hydrogens (tertiary/aromatic N) is 1. The molecule has 1 atom stereocenters. The van der Waals surface area contributed by atoms with Gasteiger partial charge in [-0.05, 0) is 33.6 Å². The van der Waals surface area contributed by atoms with Gasteiger partial charge in [-0.2, -0.15) is 0 Å². The van der Waals surface area contributed by atoms with Gasteiger partial charge in [0.2, 0.25) is 0 Å². The van der Waals surface area contributed by atoms with Crippen LogP contribution < -0.4 is 5.32 Å². The van der Waals surface area contributed by atoms with E-state index in [2.05, 4.69) is 10.2 Å². The second kappa shape index (κ2) is 8.44. The Hall–Kier alpha value is -0.160. The SMILES string of the molecule is CNCCCN(C)CC(O)COC. The number of rotatable bonds is 8. The Morgan fingerprint density at radius 1 is 1.54 bits per heavy atom. The molecule has 0 aliphatic heterocycles. The summed E-state index contributed by atoms with van der Waals surface area (Å²) >= 11 is 0. The van der Waals surface area contributed by atoms with Gasteiger partial charge in [0.15, 0.2) is 0 Å². The van der Waals surface area contributed by atoms with Crippen LogP contribution in [-0.4, -0.2) is 63.6 Å². The van der Waals surface area contributed by atoms with Crippen LogP contribution in [0.5, 0.6) is 0 Å². The molecule has 2 N–H and O–H groups in total. The van der Waals surface area contributed by atoms with E-state index in [0.717, 1.165) is 19.5 Å². The van der Waals surface area contributed by atoms with Crippen molar-refractivity contribution in [1.82, 2.24) is 10.2 Å². The van der Waals surface area contributed by atoms with Gasteiger partial charge in [0.1, 0.15) is 0 Å². The van der Waals surface area contributed by atoms with Crippen LogP contribution in [0.25, 0.3) is 0 Å². The topological polar surface area (TPSA) is 44.7 Å². The average Bonchev–Trinajstić information content (AvgIpc) is 2.05. The zero-order valence-corrected chi connectivity index (χ0v) is 8.92. The summed E-state index contributed by atoms with van der Waals surface area (Å²) < 4.78 is 4.84. The fraction of sp³-hybridized carbons (Fsp3) is 1.00. The lowest BCUT2D eigenvalue weighted by molar-refractivity contribution is 0.0431. The highest BCUT2D eigenvalue weighted by molar-refractivity contribution is 4.60. The molecule has 0 rings (SSSR count). The molecule has 4 nitrogen and oxygen atoms in total. The zero-order chi connectivity index (χ0) is 10.1. The minimum atomic E-state index is -0.371. The maximum atomic E-state index is 9.39. The third kappa shape index (κ3) is 8.18. The first-order valence-corrected chi connectivity index (χ1v) is 4.70. The quantitative estimate of drug-likeness (QED) is 0.508. The molecule has 0 radical (unpaired) electrons. The highest BCUT2D eigenvalue weighted by atomic mass is 16.5. The Morgan fingerprint density at radius 3 is 2.77 bits per heavy atom. The molecule has 0 saturated heterocycles. The maximum absolute atomic E-state index is 9.39. The summed E-state index contributed by atoms with van der Waals surface area (Å²) in [5, 5.41) is 12.5. The number of hydrogen-bond acceptors (Lipinski definition) is 4. The van der Waals surface area contributed by atoms with Gasteiger partial charge in [0.25, 0.3) is 0 Å². The van der Waals surface area contributed by atoms with Crippen molar-refractivity contribution in [2.75, 3.05) is 47.4 Å². The van der Waals surface area contributed by atoms with Crippen LogP contribution in [-0.2, 0) is 4.74 Å². The largest absolute Gasteiger partial charge is 0.389 e.